The van der Waals surface area contributed by atoms with Gasteiger partial charge in [0.15, 0.2) is 17.5 Å². The van der Waals surface area contributed by atoms with Crippen LogP contribution in [-0.4, -0.2) is 9.55 Å². The van der Waals surface area contributed by atoms with Crippen LogP contribution in [0.4, 0.5) is 13.2 Å². The standard InChI is InChI=1S/C17H12F3N3/c1-9-7-13-14(8-10(9)2)23(6-5-21)17(22-13)11-3-4-12(18)16(20)15(11)19/h3-4,7-8H,6H2,1-2H3. The Balaban J connectivity index is 2.36. The zero-order chi connectivity index (χ0) is 16.7. The maximum absolute atomic E-state index is 14.1. The first-order valence-electron chi connectivity index (χ1n) is 6.92. The third-order valence-corrected chi connectivity index (χ3v) is 3.87. The van der Waals surface area contributed by atoms with E-state index in [4.69, 9.17) is 5.26 Å². The van der Waals surface area contributed by atoms with Gasteiger partial charge in [-0.1, -0.05) is 0 Å². The minimum atomic E-state index is -1.55. The number of fused-ring (bicyclic) bond motifs is 1. The maximum atomic E-state index is 14.1. The number of hydrogen-bond acceptors (Lipinski definition) is 2. The van der Waals surface area contributed by atoms with Crippen LogP contribution in [0.1, 0.15) is 11.1 Å². The van der Waals surface area contributed by atoms with E-state index in [-0.39, 0.29) is 17.9 Å². The van der Waals surface area contributed by atoms with Crippen molar-refractivity contribution in [2.75, 3.05) is 0 Å². The van der Waals surface area contributed by atoms with Gasteiger partial charge in [0.25, 0.3) is 0 Å². The van der Waals surface area contributed by atoms with Crippen molar-refractivity contribution < 1.29 is 13.2 Å². The fraction of sp³-hybridized carbons (Fsp3) is 0.176. The second-order valence-corrected chi connectivity index (χ2v) is 5.33. The molecular weight excluding hydrogens is 303 g/mol. The molecule has 0 amide bonds. The molecule has 0 fully saturated rings. The third-order valence-electron chi connectivity index (χ3n) is 3.87. The molecule has 0 radical (unpaired) electrons. The SMILES string of the molecule is Cc1cc2nc(-c3ccc(F)c(F)c3F)n(CC#N)c2cc1C. The van der Waals surface area contributed by atoms with Gasteiger partial charge in [-0.15, -0.1) is 0 Å². The molecule has 1 aromatic heterocycles. The molecule has 23 heavy (non-hydrogen) atoms. The van der Waals surface area contributed by atoms with Crippen LogP contribution in [0.3, 0.4) is 0 Å². The maximum Gasteiger partial charge on any atom is 0.195 e. The fourth-order valence-corrected chi connectivity index (χ4v) is 2.51. The van der Waals surface area contributed by atoms with Crippen molar-refractivity contribution in [1.82, 2.24) is 9.55 Å². The van der Waals surface area contributed by atoms with Crippen molar-refractivity contribution in [3.8, 4) is 17.5 Å². The molecule has 3 aromatic rings. The lowest BCUT2D eigenvalue weighted by atomic mass is 10.1. The summed E-state index contributed by atoms with van der Waals surface area (Å²) < 4.78 is 42.3. The van der Waals surface area contributed by atoms with Crippen LogP contribution in [0.2, 0.25) is 0 Å². The zero-order valence-corrected chi connectivity index (χ0v) is 12.5. The van der Waals surface area contributed by atoms with E-state index in [0.29, 0.717) is 11.0 Å². The number of imidazole rings is 1. The predicted octanol–water partition coefficient (Wildman–Crippen LogP) is 4.26. The number of aromatic nitrogens is 2. The van der Waals surface area contributed by atoms with Crippen molar-refractivity contribution in [1.29, 1.82) is 5.26 Å². The monoisotopic (exact) mass is 315 g/mol. The smallest absolute Gasteiger partial charge is 0.195 e. The molecule has 0 atom stereocenters. The molecule has 3 rings (SSSR count). The average Bonchev–Trinajstić information content (AvgIpc) is 2.84. The summed E-state index contributed by atoms with van der Waals surface area (Å²) in [5, 5.41) is 9.03. The van der Waals surface area contributed by atoms with Gasteiger partial charge in [-0.25, -0.2) is 18.2 Å². The molecule has 0 saturated heterocycles. The summed E-state index contributed by atoms with van der Waals surface area (Å²) in [5.41, 5.74) is 3.03. The Labute approximate surface area is 130 Å². The number of halogens is 3. The number of nitrogens with zero attached hydrogens (tertiary/aromatic N) is 3. The largest absolute Gasteiger partial charge is 0.310 e. The summed E-state index contributed by atoms with van der Waals surface area (Å²) in [5.74, 6) is -4.03. The van der Waals surface area contributed by atoms with E-state index in [0.717, 1.165) is 23.3 Å². The Morgan fingerprint density at radius 2 is 1.78 bits per heavy atom. The molecule has 3 nitrogen and oxygen atoms in total. The highest BCUT2D eigenvalue weighted by atomic mass is 19.2. The Hall–Kier alpha value is -2.81. The highest BCUT2D eigenvalue weighted by Crippen LogP contribution is 2.30. The van der Waals surface area contributed by atoms with Gasteiger partial charge in [0.2, 0.25) is 0 Å². The summed E-state index contributed by atoms with van der Waals surface area (Å²) in [4.78, 5) is 4.32. The molecule has 0 aliphatic rings. The van der Waals surface area contributed by atoms with E-state index in [2.05, 4.69) is 4.98 Å². The van der Waals surface area contributed by atoms with Gasteiger partial charge < -0.3 is 4.57 Å². The number of rotatable bonds is 2. The minimum absolute atomic E-state index is 0.0766. The lowest BCUT2D eigenvalue weighted by Gasteiger charge is -2.07. The Morgan fingerprint density at radius 1 is 1.09 bits per heavy atom. The summed E-state index contributed by atoms with van der Waals surface area (Å²) >= 11 is 0. The molecule has 116 valence electrons. The number of nitriles is 1. The number of hydrogen-bond donors (Lipinski definition) is 0. The lowest BCUT2D eigenvalue weighted by molar-refractivity contribution is 0.448. The zero-order valence-electron chi connectivity index (χ0n) is 12.5. The average molecular weight is 315 g/mol. The first-order chi connectivity index (χ1) is 10.9. The van der Waals surface area contributed by atoms with Crippen molar-refractivity contribution in [3.63, 3.8) is 0 Å². The molecule has 0 N–H and O–H groups in total. The lowest BCUT2D eigenvalue weighted by Crippen LogP contribution is -2.02. The van der Waals surface area contributed by atoms with Crippen LogP contribution < -0.4 is 0 Å². The van der Waals surface area contributed by atoms with Gasteiger partial charge in [0.1, 0.15) is 12.4 Å². The van der Waals surface area contributed by atoms with E-state index >= 15 is 0 Å². The first kappa shape index (κ1) is 15.1. The number of benzene rings is 2. The summed E-state index contributed by atoms with van der Waals surface area (Å²) in [7, 11) is 0. The molecule has 2 aromatic carbocycles. The molecule has 6 heteroatoms. The van der Waals surface area contributed by atoms with Gasteiger partial charge in [-0.2, -0.15) is 5.26 Å². The van der Waals surface area contributed by atoms with Gasteiger partial charge in [-0.3, -0.25) is 0 Å². The first-order valence-corrected chi connectivity index (χ1v) is 6.92. The highest BCUT2D eigenvalue weighted by Gasteiger charge is 2.20. The normalized spacial score (nSPS) is 11.0. The minimum Gasteiger partial charge on any atom is -0.310 e. The van der Waals surface area contributed by atoms with E-state index in [9.17, 15) is 13.2 Å². The molecule has 0 saturated carbocycles. The van der Waals surface area contributed by atoms with Crippen molar-refractivity contribution in [3.05, 3.63) is 52.8 Å². The van der Waals surface area contributed by atoms with Crippen LogP contribution in [0.5, 0.6) is 0 Å². The van der Waals surface area contributed by atoms with Crippen LogP contribution in [0.15, 0.2) is 24.3 Å². The quantitative estimate of drug-likeness (QED) is 0.663. The molecular formula is C17H12F3N3. The van der Waals surface area contributed by atoms with E-state index in [1.807, 2.05) is 32.0 Å². The summed E-state index contributed by atoms with van der Waals surface area (Å²) in [6, 6.07) is 7.62. The van der Waals surface area contributed by atoms with Gasteiger partial charge in [-0.05, 0) is 49.2 Å². The third kappa shape index (κ3) is 2.34. The fourth-order valence-electron chi connectivity index (χ4n) is 2.51. The van der Waals surface area contributed by atoms with Gasteiger partial charge >= 0.3 is 0 Å². The van der Waals surface area contributed by atoms with Crippen molar-refractivity contribution in [2.24, 2.45) is 0 Å². The highest BCUT2D eigenvalue weighted by molar-refractivity contribution is 5.82. The van der Waals surface area contributed by atoms with E-state index in [1.54, 1.807) is 0 Å². The summed E-state index contributed by atoms with van der Waals surface area (Å²) in [6.45, 7) is 3.75. The van der Waals surface area contributed by atoms with Crippen molar-refractivity contribution >= 4 is 11.0 Å². The van der Waals surface area contributed by atoms with Crippen LogP contribution in [-0.2, 0) is 6.54 Å². The molecule has 0 bridgehead atoms. The molecule has 0 aliphatic heterocycles. The van der Waals surface area contributed by atoms with Crippen LogP contribution in [0, 0.1) is 42.6 Å². The number of aryl methyl sites for hydroxylation is 2. The van der Waals surface area contributed by atoms with Crippen molar-refractivity contribution in [2.45, 2.75) is 20.4 Å². The predicted molar refractivity (Wildman–Crippen MR) is 80.1 cm³/mol. The Bertz CT molecular complexity index is 968. The second-order valence-electron chi connectivity index (χ2n) is 5.33. The Kier molecular flexibility index (Phi) is 3.57. The van der Waals surface area contributed by atoms with Crippen LogP contribution in [0.25, 0.3) is 22.4 Å². The molecule has 1 heterocycles. The van der Waals surface area contributed by atoms with E-state index < -0.39 is 17.5 Å². The summed E-state index contributed by atoms with van der Waals surface area (Å²) in [6.07, 6.45) is 0. The molecule has 0 unspecified atom stereocenters. The van der Waals surface area contributed by atoms with Crippen LogP contribution >= 0.6 is 0 Å². The van der Waals surface area contributed by atoms with E-state index in [1.165, 1.54) is 4.57 Å². The molecule has 0 spiro atoms. The van der Waals surface area contributed by atoms with Gasteiger partial charge in [0.05, 0.1) is 22.7 Å². The molecule has 0 aliphatic carbocycles. The topological polar surface area (TPSA) is 41.6 Å². The second kappa shape index (κ2) is 5.43. The Morgan fingerprint density at radius 3 is 2.48 bits per heavy atom. The van der Waals surface area contributed by atoms with Gasteiger partial charge in [0, 0.05) is 0 Å².